The minimum absolute atomic E-state index is 0.408. The van der Waals surface area contributed by atoms with Crippen molar-refractivity contribution in [3.63, 3.8) is 0 Å². The van der Waals surface area contributed by atoms with Crippen molar-refractivity contribution in [3.8, 4) is 0 Å². The van der Waals surface area contributed by atoms with Gasteiger partial charge in [0.05, 0.1) is 12.4 Å². The van der Waals surface area contributed by atoms with E-state index in [0.717, 1.165) is 11.1 Å². The number of imidazole rings is 2. The van der Waals surface area contributed by atoms with Crippen molar-refractivity contribution < 1.29 is 9.68 Å². The van der Waals surface area contributed by atoms with E-state index in [4.69, 9.17) is 9.68 Å². The molecule has 10 heteroatoms. The lowest BCUT2D eigenvalue weighted by atomic mass is 10.3. The largest absolute Gasteiger partial charge is 0.407 e. The molecule has 0 aliphatic heterocycles. The minimum Gasteiger partial charge on any atom is -0.407 e. The standard InChI is InChI=1S/C18H16N6O2S2/c1-3-15(11-19-5-1)13-25-23-9-7-21-17(23)27-28-18-22-8-10-24(18)26-14-16-4-2-6-20-12-16/h1-12H,13-14H2. The van der Waals surface area contributed by atoms with Gasteiger partial charge in [-0.15, -0.1) is 0 Å². The van der Waals surface area contributed by atoms with Gasteiger partial charge in [-0.2, -0.15) is 9.46 Å². The lowest BCUT2D eigenvalue weighted by Crippen LogP contribution is -2.12. The molecule has 0 bridgehead atoms. The van der Waals surface area contributed by atoms with E-state index < -0.39 is 0 Å². The lowest BCUT2D eigenvalue weighted by molar-refractivity contribution is 0.0779. The molecule has 142 valence electrons. The van der Waals surface area contributed by atoms with Crippen LogP contribution in [0.3, 0.4) is 0 Å². The first-order valence-electron chi connectivity index (χ1n) is 8.34. The Hall–Kier alpha value is -2.98. The molecule has 0 aromatic carbocycles. The summed E-state index contributed by atoms with van der Waals surface area (Å²) >= 11 is 0. The third kappa shape index (κ3) is 4.84. The molecule has 0 spiro atoms. The summed E-state index contributed by atoms with van der Waals surface area (Å²) in [6.45, 7) is 0.816. The predicted octanol–water partition coefficient (Wildman–Crippen LogP) is 2.93. The van der Waals surface area contributed by atoms with Crippen LogP contribution >= 0.6 is 21.6 Å². The fraction of sp³-hybridized carbons (Fsp3) is 0.111. The average Bonchev–Trinajstić information content (AvgIpc) is 3.39. The first-order valence-corrected chi connectivity index (χ1v) is 10.5. The second-order valence-electron chi connectivity index (χ2n) is 5.51. The highest BCUT2D eigenvalue weighted by molar-refractivity contribution is 8.76. The topological polar surface area (TPSA) is 79.9 Å². The van der Waals surface area contributed by atoms with E-state index in [2.05, 4.69) is 19.9 Å². The monoisotopic (exact) mass is 412 g/mol. The fourth-order valence-electron chi connectivity index (χ4n) is 2.20. The molecule has 0 saturated heterocycles. The van der Waals surface area contributed by atoms with E-state index in [0.29, 0.717) is 23.5 Å². The molecule has 0 aliphatic rings. The Kier molecular flexibility index (Phi) is 6.10. The summed E-state index contributed by atoms with van der Waals surface area (Å²) in [4.78, 5) is 28.4. The lowest BCUT2D eigenvalue weighted by Gasteiger charge is -2.10. The van der Waals surface area contributed by atoms with E-state index in [9.17, 15) is 0 Å². The Balaban J connectivity index is 1.33. The highest BCUT2D eigenvalue weighted by atomic mass is 33.1. The molecule has 0 fully saturated rings. The molecular weight excluding hydrogens is 396 g/mol. The number of rotatable bonds is 9. The maximum Gasteiger partial charge on any atom is 0.213 e. The van der Waals surface area contributed by atoms with Gasteiger partial charge in [0, 0.05) is 48.3 Å². The van der Waals surface area contributed by atoms with Gasteiger partial charge in [0.15, 0.2) is 0 Å². The molecule has 0 unspecified atom stereocenters. The van der Waals surface area contributed by atoms with Crippen molar-refractivity contribution in [2.45, 2.75) is 23.5 Å². The number of nitrogens with zero attached hydrogens (tertiary/aromatic N) is 6. The van der Waals surface area contributed by atoms with Gasteiger partial charge in [-0.1, -0.05) is 12.1 Å². The molecule has 4 aromatic rings. The van der Waals surface area contributed by atoms with Crippen molar-refractivity contribution in [1.29, 1.82) is 0 Å². The van der Waals surface area contributed by atoms with Gasteiger partial charge in [-0.3, -0.25) is 9.97 Å². The smallest absolute Gasteiger partial charge is 0.213 e. The molecule has 4 aromatic heterocycles. The SMILES string of the molecule is c1cncc(COn2ccnc2SSc2nccn2OCc2cccnc2)c1. The van der Waals surface area contributed by atoms with Crippen molar-refractivity contribution in [2.24, 2.45) is 0 Å². The van der Waals surface area contributed by atoms with Crippen LogP contribution in [0.2, 0.25) is 0 Å². The molecule has 8 nitrogen and oxygen atoms in total. The van der Waals surface area contributed by atoms with Gasteiger partial charge < -0.3 is 9.68 Å². The van der Waals surface area contributed by atoms with Crippen LogP contribution in [0.1, 0.15) is 11.1 Å². The van der Waals surface area contributed by atoms with Gasteiger partial charge in [0.1, 0.15) is 13.2 Å². The Bertz CT molecular complexity index is 912. The molecule has 0 saturated carbocycles. The van der Waals surface area contributed by atoms with Crippen molar-refractivity contribution in [1.82, 2.24) is 29.4 Å². The normalized spacial score (nSPS) is 10.7. The zero-order valence-corrected chi connectivity index (χ0v) is 16.3. The van der Waals surface area contributed by atoms with Crippen LogP contribution in [0.25, 0.3) is 0 Å². The van der Waals surface area contributed by atoms with Crippen LogP contribution in [0, 0.1) is 0 Å². The third-order valence-electron chi connectivity index (χ3n) is 3.53. The summed E-state index contributed by atoms with van der Waals surface area (Å²) in [5.74, 6) is 0. The summed E-state index contributed by atoms with van der Waals surface area (Å²) in [6.07, 6.45) is 13.9. The maximum atomic E-state index is 5.78. The van der Waals surface area contributed by atoms with Crippen molar-refractivity contribution >= 4 is 21.6 Å². The third-order valence-corrected chi connectivity index (χ3v) is 5.62. The Morgan fingerprint density at radius 2 is 1.21 bits per heavy atom. The molecule has 0 amide bonds. The van der Waals surface area contributed by atoms with Crippen molar-refractivity contribution in [2.75, 3.05) is 0 Å². The van der Waals surface area contributed by atoms with Crippen LogP contribution in [-0.2, 0) is 13.2 Å². The van der Waals surface area contributed by atoms with Gasteiger partial charge >= 0.3 is 0 Å². The first kappa shape index (κ1) is 18.4. The molecule has 4 rings (SSSR count). The number of aromatic nitrogens is 6. The summed E-state index contributed by atoms with van der Waals surface area (Å²) in [5.41, 5.74) is 1.97. The van der Waals surface area contributed by atoms with Crippen LogP contribution in [0.4, 0.5) is 0 Å². The molecule has 4 heterocycles. The first-order chi connectivity index (χ1) is 13.9. The molecule has 0 aliphatic carbocycles. The van der Waals surface area contributed by atoms with E-state index in [1.807, 2.05) is 24.3 Å². The van der Waals surface area contributed by atoms with Crippen LogP contribution < -0.4 is 9.68 Å². The number of pyridine rings is 2. The summed E-state index contributed by atoms with van der Waals surface area (Å²) in [7, 11) is 2.87. The highest BCUT2D eigenvalue weighted by Gasteiger charge is 2.11. The van der Waals surface area contributed by atoms with Gasteiger partial charge in [0.2, 0.25) is 10.3 Å². The summed E-state index contributed by atoms with van der Waals surface area (Å²) in [6, 6.07) is 7.68. The molecule has 0 N–H and O–H groups in total. The molecule has 0 atom stereocenters. The number of hydrogen-bond donors (Lipinski definition) is 0. The Morgan fingerprint density at radius 1 is 0.714 bits per heavy atom. The minimum atomic E-state index is 0.408. The Labute approximate surface area is 169 Å². The zero-order valence-electron chi connectivity index (χ0n) is 14.7. The van der Waals surface area contributed by atoms with Gasteiger partial charge in [0.25, 0.3) is 0 Å². The molecular formula is C18H16N6O2S2. The number of hydrogen-bond acceptors (Lipinski definition) is 8. The van der Waals surface area contributed by atoms with Crippen molar-refractivity contribution in [3.05, 3.63) is 85.0 Å². The van der Waals surface area contributed by atoms with E-state index >= 15 is 0 Å². The fourth-order valence-corrected chi connectivity index (χ4v) is 4.08. The predicted molar refractivity (Wildman–Crippen MR) is 105 cm³/mol. The maximum absolute atomic E-state index is 5.78. The molecule has 28 heavy (non-hydrogen) atoms. The van der Waals surface area contributed by atoms with Crippen LogP contribution in [0.15, 0.2) is 84.2 Å². The quantitative estimate of drug-likeness (QED) is 0.388. The van der Waals surface area contributed by atoms with E-state index in [1.165, 1.54) is 21.6 Å². The summed E-state index contributed by atoms with van der Waals surface area (Å²) in [5, 5.41) is 1.41. The zero-order chi connectivity index (χ0) is 19.0. The highest BCUT2D eigenvalue weighted by Crippen LogP contribution is 2.34. The van der Waals surface area contributed by atoms with Gasteiger partial charge in [-0.25, -0.2) is 9.97 Å². The van der Waals surface area contributed by atoms with E-state index in [-0.39, 0.29) is 0 Å². The second kappa shape index (κ2) is 9.29. The Morgan fingerprint density at radius 3 is 1.64 bits per heavy atom. The second-order valence-corrected chi connectivity index (χ2v) is 7.57. The van der Waals surface area contributed by atoms with Crippen LogP contribution in [0.5, 0.6) is 0 Å². The van der Waals surface area contributed by atoms with E-state index in [1.54, 1.807) is 59.0 Å². The van der Waals surface area contributed by atoms with Gasteiger partial charge in [-0.05, 0) is 33.7 Å². The summed E-state index contributed by atoms with van der Waals surface area (Å²) < 4.78 is 3.27. The average molecular weight is 413 g/mol. The molecule has 0 radical (unpaired) electrons. The van der Waals surface area contributed by atoms with Crippen LogP contribution in [-0.4, -0.2) is 29.4 Å².